The number of hydrogen-bond donors (Lipinski definition) is 0. The maximum Gasteiger partial charge on any atom is 0.294 e. The molecule has 2 aromatic heterocycles. The molecule has 31 heavy (non-hydrogen) atoms. The van der Waals surface area contributed by atoms with Gasteiger partial charge in [0.1, 0.15) is 11.5 Å². The van der Waals surface area contributed by atoms with Gasteiger partial charge >= 0.3 is 0 Å². The number of aryl methyl sites for hydroxylation is 2. The van der Waals surface area contributed by atoms with Gasteiger partial charge in [-0.1, -0.05) is 39.8 Å². The number of amides is 2. The SMILES string of the molecule is CCc1ccc(C(=O)N2CC(C(C)C)N(C(=O)c3ccc(CC)o3)c3ccccc32)o1. The van der Waals surface area contributed by atoms with Crippen molar-refractivity contribution < 1.29 is 18.4 Å². The summed E-state index contributed by atoms with van der Waals surface area (Å²) in [5, 5.41) is 0. The summed E-state index contributed by atoms with van der Waals surface area (Å²) in [5.41, 5.74) is 1.39. The van der Waals surface area contributed by atoms with Crippen molar-refractivity contribution in [1.29, 1.82) is 0 Å². The Morgan fingerprint density at radius 2 is 1.42 bits per heavy atom. The van der Waals surface area contributed by atoms with Crippen molar-refractivity contribution in [1.82, 2.24) is 0 Å². The van der Waals surface area contributed by atoms with Crippen molar-refractivity contribution in [3.05, 3.63) is 71.6 Å². The summed E-state index contributed by atoms with van der Waals surface area (Å²) in [6, 6.07) is 14.4. The van der Waals surface area contributed by atoms with Crippen molar-refractivity contribution in [2.24, 2.45) is 5.92 Å². The van der Waals surface area contributed by atoms with Crippen molar-refractivity contribution in [2.45, 2.75) is 46.6 Å². The number of carbonyl (C=O) groups is 2. The zero-order chi connectivity index (χ0) is 22.1. The molecule has 1 aromatic carbocycles. The predicted octanol–water partition coefficient (Wildman–Crippen LogP) is 5.33. The van der Waals surface area contributed by atoms with Crippen LogP contribution in [0.25, 0.3) is 0 Å². The first-order chi connectivity index (χ1) is 14.9. The van der Waals surface area contributed by atoms with Crippen LogP contribution < -0.4 is 9.80 Å². The van der Waals surface area contributed by atoms with Crippen LogP contribution in [-0.2, 0) is 12.8 Å². The van der Waals surface area contributed by atoms with E-state index in [0.717, 1.165) is 24.4 Å². The van der Waals surface area contributed by atoms with Crippen LogP contribution in [0.4, 0.5) is 11.4 Å². The number of anilines is 2. The highest BCUT2D eigenvalue weighted by Crippen LogP contribution is 2.39. The molecule has 1 atom stereocenters. The lowest BCUT2D eigenvalue weighted by atomic mass is 9.96. The predicted molar refractivity (Wildman–Crippen MR) is 120 cm³/mol. The fourth-order valence-electron chi connectivity index (χ4n) is 4.02. The highest BCUT2D eigenvalue weighted by molar-refractivity contribution is 6.12. The molecule has 0 radical (unpaired) electrons. The van der Waals surface area contributed by atoms with Crippen LogP contribution in [0.3, 0.4) is 0 Å². The molecule has 3 heterocycles. The van der Waals surface area contributed by atoms with Crippen LogP contribution in [0.1, 0.15) is 60.3 Å². The van der Waals surface area contributed by atoms with Gasteiger partial charge in [0.05, 0.1) is 17.4 Å². The minimum absolute atomic E-state index is 0.121. The monoisotopic (exact) mass is 420 g/mol. The molecule has 0 fully saturated rings. The first kappa shape index (κ1) is 21.0. The van der Waals surface area contributed by atoms with Gasteiger partial charge in [-0.2, -0.15) is 0 Å². The van der Waals surface area contributed by atoms with Crippen molar-refractivity contribution >= 4 is 23.2 Å². The van der Waals surface area contributed by atoms with E-state index in [9.17, 15) is 9.59 Å². The summed E-state index contributed by atoms with van der Waals surface area (Å²) in [5.74, 6) is 1.91. The van der Waals surface area contributed by atoms with Gasteiger partial charge in [-0.3, -0.25) is 14.5 Å². The molecule has 1 aliphatic rings. The number of furan rings is 2. The maximum atomic E-state index is 13.5. The average Bonchev–Trinajstić information content (AvgIpc) is 3.46. The third-order valence-corrected chi connectivity index (χ3v) is 5.81. The van der Waals surface area contributed by atoms with Crippen LogP contribution >= 0.6 is 0 Å². The minimum atomic E-state index is -0.206. The summed E-state index contributed by atoms with van der Waals surface area (Å²) in [6.45, 7) is 8.47. The number of para-hydroxylation sites is 2. The van der Waals surface area contributed by atoms with E-state index in [0.29, 0.717) is 29.4 Å². The van der Waals surface area contributed by atoms with Gasteiger partial charge in [-0.15, -0.1) is 0 Å². The highest BCUT2D eigenvalue weighted by atomic mass is 16.4. The molecule has 1 aliphatic heterocycles. The molecule has 0 aliphatic carbocycles. The number of fused-ring (bicyclic) bond motifs is 1. The number of hydrogen-bond acceptors (Lipinski definition) is 4. The van der Waals surface area contributed by atoms with Gasteiger partial charge in [0.15, 0.2) is 11.5 Å². The highest BCUT2D eigenvalue weighted by Gasteiger charge is 2.40. The Kier molecular flexibility index (Phi) is 5.72. The van der Waals surface area contributed by atoms with E-state index >= 15 is 0 Å². The van der Waals surface area contributed by atoms with Gasteiger partial charge in [0, 0.05) is 19.4 Å². The molecule has 162 valence electrons. The van der Waals surface area contributed by atoms with E-state index in [-0.39, 0.29) is 23.8 Å². The Morgan fingerprint density at radius 3 is 1.94 bits per heavy atom. The fraction of sp³-hybridized carbons (Fsp3) is 0.360. The van der Waals surface area contributed by atoms with Crippen molar-refractivity contribution in [3.8, 4) is 0 Å². The molecule has 6 heteroatoms. The van der Waals surface area contributed by atoms with E-state index < -0.39 is 0 Å². The van der Waals surface area contributed by atoms with Crippen LogP contribution in [0.15, 0.2) is 57.4 Å². The standard InChI is InChI=1S/C25H28N2O4/c1-5-17-11-13-22(30-17)24(28)26-15-21(16(3)4)27(20-10-8-7-9-19(20)26)25(29)23-14-12-18(6-2)31-23/h7-14,16,21H,5-6,15H2,1-4H3. The molecule has 6 nitrogen and oxygen atoms in total. The number of benzene rings is 1. The Morgan fingerprint density at radius 1 is 0.871 bits per heavy atom. The Labute approximate surface area is 182 Å². The molecule has 1 unspecified atom stereocenters. The minimum Gasteiger partial charge on any atom is -0.456 e. The molecule has 0 saturated carbocycles. The molecular weight excluding hydrogens is 392 g/mol. The first-order valence-electron chi connectivity index (χ1n) is 10.9. The molecule has 4 rings (SSSR count). The lowest BCUT2D eigenvalue weighted by Gasteiger charge is -2.43. The van der Waals surface area contributed by atoms with Crippen LogP contribution in [-0.4, -0.2) is 24.4 Å². The topological polar surface area (TPSA) is 66.9 Å². The molecule has 0 spiro atoms. The quantitative estimate of drug-likeness (QED) is 0.560. The molecule has 3 aromatic rings. The molecule has 2 amide bonds. The van der Waals surface area contributed by atoms with Gasteiger partial charge < -0.3 is 13.7 Å². The largest absolute Gasteiger partial charge is 0.456 e. The van der Waals surface area contributed by atoms with Crippen LogP contribution in [0, 0.1) is 5.92 Å². The summed E-state index contributed by atoms with van der Waals surface area (Å²) in [6.07, 6.45) is 1.45. The Bertz CT molecular complexity index is 1090. The Hall–Kier alpha value is -3.28. The number of rotatable bonds is 5. The van der Waals surface area contributed by atoms with E-state index in [4.69, 9.17) is 8.83 Å². The van der Waals surface area contributed by atoms with E-state index in [1.807, 2.05) is 50.2 Å². The van der Waals surface area contributed by atoms with E-state index in [1.165, 1.54) is 0 Å². The lowest BCUT2D eigenvalue weighted by Crippen LogP contribution is -2.55. The van der Waals surface area contributed by atoms with E-state index in [2.05, 4.69) is 13.8 Å². The number of carbonyl (C=O) groups excluding carboxylic acids is 2. The van der Waals surface area contributed by atoms with Crippen molar-refractivity contribution in [3.63, 3.8) is 0 Å². The summed E-state index contributed by atoms with van der Waals surface area (Å²) < 4.78 is 11.5. The second kappa shape index (κ2) is 8.46. The van der Waals surface area contributed by atoms with Crippen LogP contribution in [0.5, 0.6) is 0 Å². The molecular formula is C25H28N2O4. The molecule has 0 saturated heterocycles. The second-order valence-corrected chi connectivity index (χ2v) is 8.13. The Balaban J connectivity index is 1.76. The van der Waals surface area contributed by atoms with Gasteiger partial charge in [0.2, 0.25) is 0 Å². The summed E-state index contributed by atoms with van der Waals surface area (Å²) in [7, 11) is 0. The maximum absolute atomic E-state index is 13.5. The summed E-state index contributed by atoms with van der Waals surface area (Å²) in [4.78, 5) is 30.4. The average molecular weight is 421 g/mol. The fourth-order valence-corrected chi connectivity index (χ4v) is 4.02. The van der Waals surface area contributed by atoms with Gasteiger partial charge in [0.25, 0.3) is 11.8 Å². The third-order valence-electron chi connectivity index (χ3n) is 5.81. The zero-order valence-corrected chi connectivity index (χ0v) is 18.4. The van der Waals surface area contributed by atoms with Crippen molar-refractivity contribution in [2.75, 3.05) is 16.3 Å². The second-order valence-electron chi connectivity index (χ2n) is 8.13. The molecule has 0 N–H and O–H groups in total. The first-order valence-corrected chi connectivity index (χ1v) is 10.9. The van der Waals surface area contributed by atoms with Crippen LogP contribution in [0.2, 0.25) is 0 Å². The third kappa shape index (κ3) is 3.78. The normalized spacial score (nSPS) is 16.0. The van der Waals surface area contributed by atoms with E-state index in [1.54, 1.807) is 21.9 Å². The lowest BCUT2D eigenvalue weighted by molar-refractivity contribution is 0.0915. The molecule has 0 bridgehead atoms. The summed E-state index contributed by atoms with van der Waals surface area (Å²) >= 11 is 0. The van der Waals surface area contributed by atoms with Gasteiger partial charge in [-0.25, -0.2) is 0 Å². The van der Waals surface area contributed by atoms with Gasteiger partial charge in [-0.05, 0) is 42.3 Å². The smallest absolute Gasteiger partial charge is 0.294 e. The number of nitrogens with zero attached hydrogens (tertiary/aromatic N) is 2. The zero-order valence-electron chi connectivity index (χ0n) is 18.4.